The van der Waals surface area contributed by atoms with Crippen LogP contribution in [0.2, 0.25) is 0 Å². The van der Waals surface area contributed by atoms with Gasteiger partial charge in [-0.15, -0.1) is 11.6 Å². The minimum atomic E-state index is -1.78. The van der Waals surface area contributed by atoms with Crippen molar-refractivity contribution < 1.29 is 24.2 Å². The topological polar surface area (TPSA) is 77.8 Å². The molecule has 0 aliphatic carbocycles. The second-order valence-corrected chi connectivity index (χ2v) is 4.36. The van der Waals surface area contributed by atoms with Gasteiger partial charge in [0.1, 0.15) is 11.7 Å². The zero-order valence-corrected chi connectivity index (χ0v) is 9.78. The fraction of sp³-hybridized carbons (Fsp3) is 0.600. The number of hydrogen-bond donors (Lipinski definition) is 2. The molecule has 0 radical (unpaired) electrons. The molecule has 0 saturated carbocycles. The van der Waals surface area contributed by atoms with Crippen LogP contribution in [0, 0.1) is 0 Å². The van der Waals surface area contributed by atoms with E-state index in [0.717, 1.165) is 0 Å². The molecule has 1 saturated heterocycles. The Kier molecular flexibility index (Phi) is 3.98. The number of carboxylic acid groups (broad SMARTS) is 2. The normalized spacial score (nSPS) is 28.1. The molecule has 0 spiro atoms. The predicted molar refractivity (Wildman–Crippen MR) is 59.1 cm³/mol. The first-order valence-corrected chi connectivity index (χ1v) is 5.47. The first-order valence-electron chi connectivity index (χ1n) is 4.94. The SMILES string of the molecule is C=C(CCl)C[C@]1(C(=O)O)C[C@@H](F)CN1C(=O)O. The molecule has 2 atom stereocenters. The van der Waals surface area contributed by atoms with Gasteiger partial charge in [0.25, 0.3) is 0 Å². The quantitative estimate of drug-likeness (QED) is 0.599. The van der Waals surface area contributed by atoms with Crippen molar-refractivity contribution in [2.24, 2.45) is 0 Å². The van der Waals surface area contributed by atoms with Crippen LogP contribution in [0.15, 0.2) is 12.2 Å². The van der Waals surface area contributed by atoms with Gasteiger partial charge in [0, 0.05) is 18.7 Å². The average Bonchev–Trinajstić information content (AvgIpc) is 2.56. The fourth-order valence-electron chi connectivity index (χ4n) is 2.08. The molecular weight excluding hydrogens is 253 g/mol. The zero-order chi connectivity index (χ0) is 13.2. The number of likely N-dealkylation sites (tertiary alicyclic amines) is 1. The van der Waals surface area contributed by atoms with Crippen molar-refractivity contribution in [3.63, 3.8) is 0 Å². The number of halogens is 2. The van der Waals surface area contributed by atoms with Crippen LogP contribution in [0.3, 0.4) is 0 Å². The first kappa shape index (κ1) is 13.8. The number of alkyl halides is 2. The summed E-state index contributed by atoms with van der Waals surface area (Å²) >= 11 is 5.51. The van der Waals surface area contributed by atoms with Crippen molar-refractivity contribution in [1.29, 1.82) is 0 Å². The molecule has 7 heteroatoms. The third-order valence-electron chi connectivity index (χ3n) is 2.82. The molecular formula is C10H13ClFNO4. The van der Waals surface area contributed by atoms with Crippen LogP contribution in [0.4, 0.5) is 9.18 Å². The van der Waals surface area contributed by atoms with Gasteiger partial charge in [0.15, 0.2) is 0 Å². The molecule has 1 aliphatic heterocycles. The molecule has 17 heavy (non-hydrogen) atoms. The second kappa shape index (κ2) is 4.91. The molecule has 2 N–H and O–H groups in total. The lowest BCUT2D eigenvalue weighted by Gasteiger charge is -2.32. The Morgan fingerprint density at radius 2 is 2.12 bits per heavy atom. The van der Waals surface area contributed by atoms with Gasteiger partial charge in [0.2, 0.25) is 0 Å². The van der Waals surface area contributed by atoms with Crippen molar-refractivity contribution >= 4 is 23.7 Å². The summed E-state index contributed by atoms with van der Waals surface area (Å²) in [6.45, 7) is 3.11. The van der Waals surface area contributed by atoms with E-state index in [2.05, 4.69) is 6.58 Å². The Morgan fingerprint density at radius 1 is 1.53 bits per heavy atom. The number of rotatable bonds is 4. The molecule has 0 bridgehead atoms. The van der Waals surface area contributed by atoms with Crippen molar-refractivity contribution in [3.05, 3.63) is 12.2 Å². The Bertz CT molecular complexity index is 362. The minimum absolute atomic E-state index is 0.0133. The van der Waals surface area contributed by atoms with E-state index in [9.17, 15) is 19.1 Å². The molecule has 96 valence electrons. The standard InChI is InChI=1S/C10H13ClFNO4/c1-6(4-11)2-10(8(14)15)3-7(12)5-13(10)9(16)17/h7H,1-5H2,(H,14,15)(H,16,17)/t7-,10-/m1/s1. The van der Waals surface area contributed by atoms with E-state index in [0.29, 0.717) is 10.5 Å². The molecule has 1 fully saturated rings. The lowest BCUT2D eigenvalue weighted by molar-refractivity contribution is -0.148. The molecule has 0 aromatic rings. The summed E-state index contributed by atoms with van der Waals surface area (Å²) in [7, 11) is 0. The van der Waals surface area contributed by atoms with Crippen molar-refractivity contribution in [2.75, 3.05) is 12.4 Å². The summed E-state index contributed by atoms with van der Waals surface area (Å²) in [6.07, 6.45) is -3.47. The number of carboxylic acids is 1. The Balaban J connectivity index is 3.08. The summed E-state index contributed by atoms with van der Waals surface area (Å²) in [4.78, 5) is 22.9. The number of amides is 1. The zero-order valence-electron chi connectivity index (χ0n) is 9.03. The van der Waals surface area contributed by atoms with Crippen LogP contribution in [-0.2, 0) is 4.79 Å². The summed E-state index contributed by atoms with van der Waals surface area (Å²) in [6, 6.07) is 0. The van der Waals surface area contributed by atoms with Crippen LogP contribution >= 0.6 is 11.6 Å². The summed E-state index contributed by atoms with van der Waals surface area (Å²) in [5.41, 5.74) is -1.41. The van der Waals surface area contributed by atoms with E-state index in [4.69, 9.17) is 16.7 Å². The van der Waals surface area contributed by atoms with E-state index in [1.165, 1.54) is 0 Å². The van der Waals surface area contributed by atoms with Gasteiger partial charge in [-0.3, -0.25) is 4.90 Å². The number of nitrogens with zero attached hydrogens (tertiary/aromatic N) is 1. The Hall–Kier alpha value is -1.30. The van der Waals surface area contributed by atoms with Gasteiger partial charge in [-0.2, -0.15) is 0 Å². The van der Waals surface area contributed by atoms with E-state index >= 15 is 0 Å². The fourth-order valence-corrected chi connectivity index (χ4v) is 2.18. The molecule has 1 heterocycles. The first-order chi connectivity index (χ1) is 7.83. The van der Waals surface area contributed by atoms with Crippen LogP contribution in [-0.4, -0.2) is 51.3 Å². The maximum atomic E-state index is 13.3. The van der Waals surface area contributed by atoms with Crippen LogP contribution in [0.25, 0.3) is 0 Å². The molecule has 1 amide bonds. The van der Waals surface area contributed by atoms with Crippen molar-refractivity contribution in [1.82, 2.24) is 4.90 Å². The molecule has 1 aliphatic rings. The highest BCUT2D eigenvalue weighted by molar-refractivity contribution is 6.19. The van der Waals surface area contributed by atoms with Crippen molar-refractivity contribution in [3.8, 4) is 0 Å². The van der Waals surface area contributed by atoms with Gasteiger partial charge < -0.3 is 10.2 Å². The highest BCUT2D eigenvalue weighted by atomic mass is 35.5. The van der Waals surface area contributed by atoms with E-state index < -0.39 is 30.3 Å². The Morgan fingerprint density at radius 3 is 2.53 bits per heavy atom. The van der Waals surface area contributed by atoms with Crippen molar-refractivity contribution in [2.45, 2.75) is 24.6 Å². The number of carbonyl (C=O) groups is 2. The van der Waals surface area contributed by atoms with Gasteiger partial charge in [-0.1, -0.05) is 12.2 Å². The van der Waals surface area contributed by atoms with Crippen LogP contribution in [0.1, 0.15) is 12.8 Å². The third-order valence-corrected chi connectivity index (χ3v) is 3.19. The monoisotopic (exact) mass is 265 g/mol. The molecule has 5 nitrogen and oxygen atoms in total. The number of hydrogen-bond acceptors (Lipinski definition) is 2. The molecule has 0 aromatic carbocycles. The van der Waals surface area contributed by atoms with E-state index in [1.54, 1.807) is 0 Å². The van der Waals surface area contributed by atoms with Crippen LogP contribution < -0.4 is 0 Å². The Labute approximate surface area is 102 Å². The third kappa shape index (κ3) is 2.52. The minimum Gasteiger partial charge on any atom is -0.479 e. The van der Waals surface area contributed by atoms with Gasteiger partial charge >= 0.3 is 12.1 Å². The summed E-state index contributed by atoms with van der Waals surface area (Å²) in [5, 5.41) is 18.1. The number of aliphatic carboxylic acids is 1. The van der Waals surface area contributed by atoms with E-state index in [1.807, 2.05) is 0 Å². The maximum Gasteiger partial charge on any atom is 0.408 e. The molecule has 0 aromatic heterocycles. The smallest absolute Gasteiger partial charge is 0.408 e. The second-order valence-electron chi connectivity index (χ2n) is 4.09. The van der Waals surface area contributed by atoms with E-state index in [-0.39, 0.29) is 18.7 Å². The summed E-state index contributed by atoms with van der Waals surface area (Å²) in [5.74, 6) is -1.36. The van der Waals surface area contributed by atoms with Gasteiger partial charge in [-0.05, 0) is 0 Å². The largest absolute Gasteiger partial charge is 0.479 e. The highest BCUT2D eigenvalue weighted by Crippen LogP contribution is 2.36. The van der Waals surface area contributed by atoms with Crippen LogP contribution in [0.5, 0.6) is 0 Å². The van der Waals surface area contributed by atoms with Gasteiger partial charge in [-0.25, -0.2) is 14.0 Å². The lowest BCUT2D eigenvalue weighted by atomic mass is 9.88. The lowest BCUT2D eigenvalue weighted by Crippen LogP contribution is -2.53. The van der Waals surface area contributed by atoms with Gasteiger partial charge in [0.05, 0.1) is 6.54 Å². The molecule has 1 rings (SSSR count). The average molecular weight is 266 g/mol. The molecule has 0 unspecified atom stereocenters. The summed E-state index contributed by atoms with van der Waals surface area (Å²) < 4.78 is 13.3. The highest BCUT2D eigenvalue weighted by Gasteiger charge is 2.54. The maximum absolute atomic E-state index is 13.3. The predicted octanol–water partition coefficient (Wildman–Crippen LogP) is 1.72.